The zero-order chi connectivity index (χ0) is 18.4. The number of benzene rings is 1. The first-order valence-corrected chi connectivity index (χ1v) is 9.88. The lowest BCUT2D eigenvalue weighted by molar-refractivity contribution is -0.147. The second kappa shape index (κ2) is 6.32. The number of hydrogen-bond donors (Lipinski definition) is 0. The number of halogens is 2. The van der Waals surface area contributed by atoms with Gasteiger partial charge >= 0.3 is 0 Å². The highest BCUT2D eigenvalue weighted by molar-refractivity contribution is 7.89. The summed E-state index contributed by atoms with van der Waals surface area (Å²) in [4.78, 5) is 14.1. The van der Waals surface area contributed by atoms with Gasteiger partial charge in [0, 0.05) is 31.7 Å². The standard InChI is InChI=1S/C17H22F2N2O3S/c1-12(2)21-8-3-6-17(16(21)22)7-9-20(11-17)25(23,24)15-5-4-13(18)10-14(15)19/h4-5,10,12H,3,6-9,11H2,1-2H3. The topological polar surface area (TPSA) is 57.7 Å². The minimum atomic E-state index is -4.10. The monoisotopic (exact) mass is 372 g/mol. The molecule has 3 rings (SSSR count). The van der Waals surface area contributed by atoms with Gasteiger partial charge in [0.05, 0.1) is 5.41 Å². The van der Waals surface area contributed by atoms with E-state index in [9.17, 15) is 22.0 Å². The lowest BCUT2D eigenvalue weighted by Crippen LogP contribution is -2.52. The molecule has 0 aliphatic carbocycles. The Kier molecular flexibility index (Phi) is 4.61. The summed E-state index contributed by atoms with van der Waals surface area (Å²) >= 11 is 0. The van der Waals surface area contributed by atoms with Gasteiger partial charge in [-0.2, -0.15) is 4.31 Å². The maximum atomic E-state index is 14.0. The van der Waals surface area contributed by atoms with Gasteiger partial charge in [0.2, 0.25) is 15.9 Å². The van der Waals surface area contributed by atoms with Gasteiger partial charge < -0.3 is 4.90 Å². The molecule has 5 nitrogen and oxygen atoms in total. The first-order chi connectivity index (χ1) is 11.7. The number of sulfonamides is 1. The predicted octanol–water partition coefficient (Wildman–Crippen LogP) is 2.38. The van der Waals surface area contributed by atoms with Crippen LogP contribution in [0.15, 0.2) is 23.1 Å². The molecule has 8 heteroatoms. The van der Waals surface area contributed by atoms with E-state index in [2.05, 4.69) is 0 Å². The number of hydrogen-bond acceptors (Lipinski definition) is 3. The van der Waals surface area contributed by atoms with Crippen LogP contribution in [0.1, 0.15) is 33.1 Å². The molecule has 1 aromatic carbocycles. The summed E-state index contributed by atoms with van der Waals surface area (Å²) in [5, 5.41) is 0. The van der Waals surface area contributed by atoms with Crippen molar-refractivity contribution in [1.29, 1.82) is 0 Å². The largest absolute Gasteiger partial charge is 0.340 e. The molecule has 0 radical (unpaired) electrons. The van der Waals surface area contributed by atoms with Gasteiger partial charge in [-0.25, -0.2) is 17.2 Å². The molecule has 2 aliphatic rings. The maximum absolute atomic E-state index is 14.0. The van der Waals surface area contributed by atoms with Crippen molar-refractivity contribution >= 4 is 15.9 Å². The summed E-state index contributed by atoms with van der Waals surface area (Å²) in [6.45, 7) is 4.77. The van der Waals surface area contributed by atoms with Crippen LogP contribution in [0.3, 0.4) is 0 Å². The molecule has 2 heterocycles. The minimum Gasteiger partial charge on any atom is -0.340 e. The molecule has 25 heavy (non-hydrogen) atoms. The third-order valence-electron chi connectivity index (χ3n) is 5.22. The van der Waals surface area contributed by atoms with Crippen LogP contribution in [-0.2, 0) is 14.8 Å². The smallest absolute Gasteiger partial charge is 0.246 e. The van der Waals surface area contributed by atoms with E-state index in [0.717, 1.165) is 22.9 Å². The number of piperidine rings is 1. The molecular weight excluding hydrogens is 350 g/mol. The molecule has 1 atom stereocenters. The van der Waals surface area contributed by atoms with Crippen molar-refractivity contribution in [2.45, 2.75) is 44.0 Å². The molecule has 0 saturated carbocycles. The molecule has 1 unspecified atom stereocenters. The van der Waals surface area contributed by atoms with Gasteiger partial charge in [-0.3, -0.25) is 4.79 Å². The van der Waals surface area contributed by atoms with Crippen molar-refractivity contribution in [3.05, 3.63) is 29.8 Å². The molecule has 1 amide bonds. The Bertz CT molecular complexity index is 797. The Balaban J connectivity index is 1.88. The number of rotatable bonds is 3. The van der Waals surface area contributed by atoms with Crippen LogP contribution in [0.5, 0.6) is 0 Å². The Morgan fingerprint density at radius 1 is 1.16 bits per heavy atom. The van der Waals surface area contributed by atoms with E-state index in [4.69, 9.17) is 0 Å². The van der Waals surface area contributed by atoms with Crippen LogP contribution < -0.4 is 0 Å². The van der Waals surface area contributed by atoms with Crippen LogP contribution in [0, 0.1) is 17.0 Å². The SMILES string of the molecule is CC(C)N1CCCC2(CCN(S(=O)(=O)c3ccc(F)cc3F)C2)C1=O. The predicted molar refractivity (Wildman–Crippen MR) is 88.2 cm³/mol. The molecule has 138 valence electrons. The third-order valence-corrected chi connectivity index (χ3v) is 7.10. The number of amides is 1. The van der Waals surface area contributed by atoms with Crippen molar-refractivity contribution in [2.75, 3.05) is 19.6 Å². The van der Waals surface area contributed by atoms with Crippen LogP contribution in [0.2, 0.25) is 0 Å². The zero-order valence-electron chi connectivity index (χ0n) is 14.3. The molecule has 0 aromatic heterocycles. The van der Waals surface area contributed by atoms with E-state index in [-0.39, 0.29) is 25.0 Å². The van der Waals surface area contributed by atoms with Gasteiger partial charge in [0.1, 0.15) is 16.5 Å². The van der Waals surface area contributed by atoms with Gasteiger partial charge in [0.15, 0.2) is 0 Å². The van der Waals surface area contributed by atoms with Crippen molar-refractivity contribution in [1.82, 2.24) is 9.21 Å². The summed E-state index contributed by atoms with van der Waals surface area (Å²) in [7, 11) is -4.10. The van der Waals surface area contributed by atoms with Crippen LogP contribution in [-0.4, -0.2) is 49.2 Å². The minimum absolute atomic E-state index is 0.0222. The average molecular weight is 372 g/mol. The molecule has 1 aromatic rings. The number of carbonyl (C=O) groups is 1. The van der Waals surface area contributed by atoms with Gasteiger partial charge in [0.25, 0.3) is 0 Å². The first-order valence-electron chi connectivity index (χ1n) is 8.44. The number of carbonyl (C=O) groups excluding carboxylic acids is 1. The summed E-state index contributed by atoms with van der Waals surface area (Å²) in [6.07, 6.45) is 1.88. The highest BCUT2D eigenvalue weighted by atomic mass is 32.2. The quantitative estimate of drug-likeness (QED) is 0.819. The molecule has 0 N–H and O–H groups in total. The second-order valence-electron chi connectivity index (χ2n) is 7.14. The van der Waals surface area contributed by atoms with Crippen molar-refractivity contribution in [3.8, 4) is 0 Å². The van der Waals surface area contributed by atoms with Gasteiger partial charge in [-0.05, 0) is 45.2 Å². The fourth-order valence-corrected chi connectivity index (χ4v) is 5.41. The Hall–Kier alpha value is -1.54. The number of likely N-dealkylation sites (tertiary alicyclic amines) is 1. The van der Waals surface area contributed by atoms with E-state index in [1.54, 1.807) is 4.90 Å². The molecule has 2 fully saturated rings. The summed E-state index contributed by atoms with van der Waals surface area (Å²) in [5.41, 5.74) is -0.730. The lowest BCUT2D eigenvalue weighted by Gasteiger charge is -2.41. The Morgan fingerprint density at radius 3 is 2.52 bits per heavy atom. The fourth-order valence-electron chi connectivity index (χ4n) is 3.84. The van der Waals surface area contributed by atoms with Gasteiger partial charge in [-0.1, -0.05) is 0 Å². The van der Waals surface area contributed by atoms with E-state index in [1.807, 2.05) is 13.8 Å². The zero-order valence-corrected chi connectivity index (χ0v) is 15.2. The molecule has 2 aliphatic heterocycles. The van der Waals surface area contributed by atoms with Crippen LogP contribution >= 0.6 is 0 Å². The molecular formula is C17H22F2N2O3S. The van der Waals surface area contributed by atoms with E-state index in [0.29, 0.717) is 25.5 Å². The third kappa shape index (κ3) is 3.06. The Morgan fingerprint density at radius 2 is 1.88 bits per heavy atom. The normalized spacial score (nSPS) is 25.3. The highest BCUT2D eigenvalue weighted by Gasteiger charge is 2.51. The summed E-state index contributed by atoms with van der Waals surface area (Å²) in [5.74, 6) is -1.96. The first kappa shape index (κ1) is 18.3. The Labute approximate surface area is 146 Å². The van der Waals surface area contributed by atoms with E-state index >= 15 is 0 Å². The van der Waals surface area contributed by atoms with Gasteiger partial charge in [-0.15, -0.1) is 0 Å². The summed E-state index contributed by atoms with van der Waals surface area (Å²) in [6, 6.07) is 2.48. The molecule has 0 bridgehead atoms. The molecule has 1 spiro atoms. The fraction of sp³-hybridized carbons (Fsp3) is 0.588. The lowest BCUT2D eigenvalue weighted by atomic mass is 9.78. The average Bonchev–Trinajstić information content (AvgIpc) is 2.95. The van der Waals surface area contributed by atoms with Crippen molar-refractivity contribution < 1.29 is 22.0 Å². The molecule has 2 saturated heterocycles. The summed E-state index contributed by atoms with van der Waals surface area (Å²) < 4.78 is 53.7. The number of nitrogens with zero attached hydrogens (tertiary/aromatic N) is 2. The van der Waals surface area contributed by atoms with Crippen LogP contribution in [0.4, 0.5) is 8.78 Å². The van der Waals surface area contributed by atoms with Crippen LogP contribution in [0.25, 0.3) is 0 Å². The highest BCUT2D eigenvalue weighted by Crippen LogP contribution is 2.42. The maximum Gasteiger partial charge on any atom is 0.246 e. The van der Waals surface area contributed by atoms with Crippen molar-refractivity contribution in [2.24, 2.45) is 5.41 Å². The van der Waals surface area contributed by atoms with E-state index < -0.39 is 32.0 Å². The van der Waals surface area contributed by atoms with Crippen molar-refractivity contribution in [3.63, 3.8) is 0 Å². The van der Waals surface area contributed by atoms with E-state index in [1.165, 1.54) is 0 Å². The second-order valence-corrected chi connectivity index (χ2v) is 9.05.